The fourth-order valence-corrected chi connectivity index (χ4v) is 3.37. The highest BCUT2D eigenvalue weighted by atomic mass is 35.5. The molecule has 0 aliphatic rings. The van der Waals surface area contributed by atoms with Crippen molar-refractivity contribution in [3.8, 4) is 0 Å². The van der Waals surface area contributed by atoms with Crippen LogP contribution in [0.5, 0.6) is 0 Å². The highest BCUT2D eigenvalue weighted by molar-refractivity contribution is 7.98. The summed E-state index contributed by atoms with van der Waals surface area (Å²) in [6.45, 7) is 0. The second kappa shape index (κ2) is 6.12. The fourth-order valence-electron chi connectivity index (χ4n) is 1.95. The van der Waals surface area contributed by atoms with E-state index < -0.39 is 4.92 Å². The van der Waals surface area contributed by atoms with Gasteiger partial charge in [0.15, 0.2) is 10.8 Å². The zero-order valence-electron chi connectivity index (χ0n) is 10.9. The van der Waals surface area contributed by atoms with E-state index in [1.807, 2.05) is 0 Å². The lowest BCUT2D eigenvalue weighted by molar-refractivity contribution is -0.385. The zero-order chi connectivity index (χ0) is 15.7. The first-order valence-corrected chi connectivity index (χ1v) is 7.85. The molecular formula is C13H8Cl2N4O2S. The van der Waals surface area contributed by atoms with Crippen LogP contribution in [0.1, 0.15) is 5.56 Å². The van der Waals surface area contributed by atoms with Gasteiger partial charge in [0.05, 0.1) is 15.0 Å². The van der Waals surface area contributed by atoms with E-state index in [4.69, 9.17) is 23.2 Å². The van der Waals surface area contributed by atoms with Gasteiger partial charge in [-0.05, 0) is 6.07 Å². The van der Waals surface area contributed by atoms with Gasteiger partial charge in [0, 0.05) is 23.6 Å². The van der Waals surface area contributed by atoms with E-state index in [9.17, 15) is 10.1 Å². The quantitative estimate of drug-likeness (QED) is 0.398. The van der Waals surface area contributed by atoms with E-state index in [1.165, 1.54) is 17.8 Å². The number of nitrogens with zero attached hydrogens (tertiary/aromatic N) is 4. The number of benzene rings is 1. The smallest absolute Gasteiger partial charge is 0.273 e. The van der Waals surface area contributed by atoms with Gasteiger partial charge in [-0.2, -0.15) is 0 Å². The molecule has 0 aliphatic carbocycles. The van der Waals surface area contributed by atoms with Crippen LogP contribution in [0.25, 0.3) is 5.65 Å². The number of rotatable bonds is 4. The number of para-hydroxylation sites is 1. The molecule has 0 amide bonds. The van der Waals surface area contributed by atoms with Gasteiger partial charge in [0.25, 0.3) is 5.69 Å². The van der Waals surface area contributed by atoms with Gasteiger partial charge in [0.1, 0.15) is 0 Å². The summed E-state index contributed by atoms with van der Waals surface area (Å²) in [4.78, 5) is 10.6. The molecule has 0 fully saturated rings. The van der Waals surface area contributed by atoms with E-state index in [0.29, 0.717) is 32.2 Å². The number of aromatic nitrogens is 3. The molecule has 1 aromatic carbocycles. The molecule has 0 N–H and O–H groups in total. The predicted octanol–water partition coefficient (Wildman–Crippen LogP) is 4.24. The van der Waals surface area contributed by atoms with Gasteiger partial charge in [-0.1, -0.05) is 53.2 Å². The average Bonchev–Trinajstić information content (AvgIpc) is 2.88. The zero-order valence-corrected chi connectivity index (χ0v) is 13.3. The maximum atomic E-state index is 11.0. The average molecular weight is 355 g/mol. The number of hydrogen-bond donors (Lipinski definition) is 0. The van der Waals surface area contributed by atoms with E-state index in [2.05, 4.69) is 10.2 Å². The third-order valence-electron chi connectivity index (χ3n) is 2.94. The molecule has 22 heavy (non-hydrogen) atoms. The van der Waals surface area contributed by atoms with Crippen molar-refractivity contribution in [2.24, 2.45) is 0 Å². The lowest BCUT2D eigenvalue weighted by atomic mass is 10.2. The first kappa shape index (κ1) is 15.1. The lowest BCUT2D eigenvalue weighted by Gasteiger charge is -2.03. The Kier molecular flexibility index (Phi) is 4.19. The second-order valence-corrected chi connectivity index (χ2v) is 6.14. The summed E-state index contributed by atoms with van der Waals surface area (Å²) in [5, 5.41) is 20.5. The van der Waals surface area contributed by atoms with E-state index in [1.54, 1.807) is 34.9 Å². The molecule has 0 radical (unpaired) electrons. The Labute approximate surface area is 139 Å². The molecule has 0 unspecified atom stereocenters. The Hall–Kier alpha value is -1.83. The van der Waals surface area contributed by atoms with Crippen molar-refractivity contribution in [2.45, 2.75) is 10.9 Å². The molecule has 0 bridgehead atoms. The topological polar surface area (TPSA) is 73.3 Å². The van der Waals surface area contributed by atoms with Crippen molar-refractivity contribution in [3.63, 3.8) is 0 Å². The summed E-state index contributed by atoms with van der Waals surface area (Å²) in [5.41, 5.74) is 1.19. The molecule has 0 spiro atoms. The fraction of sp³-hybridized carbons (Fsp3) is 0.0769. The number of halogens is 2. The third kappa shape index (κ3) is 2.87. The highest BCUT2D eigenvalue weighted by Crippen LogP contribution is 2.29. The Morgan fingerprint density at radius 1 is 1.27 bits per heavy atom. The van der Waals surface area contributed by atoms with Gasteiger partial charge in [-0.3, -0.25) is 14.5 Å². The van der Waals surface area contributed by atoms with Crippen molar-refractivity contribution in [1.82, 2.24) is 14.6 Å². The minimum Gasteiger partial charge on any atom is -0.275 e. The molecule has 6 nitrogen and oxygen atoms in total. The van der Waals surface area contributed by atoms with Crippen LogP contribution in [0.2, 0.25) is 10.0 Å². The molecular weight excluding hydrogens is 347 g/mol. The summed E-state index contributed by atoms with van der Waals surface area (Å²) in [6.07, 6.45) is 1.66. The Bertz CT molecular complexity index is 868. The number of nitro groups is 1. The molecule has 2 heterocycles. The number of nitro benzene ring substituents is 1. The molecule has 0 saturated carbocycles. The maximum Gasteiger partial charge on any atom is 0.273 e. The van der Waals surface area contributed by atoms with Gasteiger partial charge >= 0.3 is 0 Å². The molecule has 2 aromatic heterocycles. The number of thioether (sulfide) groups is 1. The van der Waals surface area contributed by atoms with E-state index in [-0.39, 0.29) is 5.69 Å². The van der Waals surface area contributed by atoms with Crippen LogP contribution in [-0.2, 0) is 5.75 Å². The van der Waals surface area contributed by atoms with Crippen molar-refractivity contribution < 1.29 is 4.92 Å². The highest BCUT2D eigenvalue weighted by Gasteiger charge is 2.15. The second-order valence-electron chi connectivity index (χ2n) is 4.36. The molecule has 3 rings (SSSR count). The van der Waals surface area contributed by atoms with Crippen LogP contribution < -0.4 is 0 Å². The molecule has 9 heteroatoms. The Morgan fingerprint density at radius 2 is 2.05 bits per heavy atom. The van der Waals surface area contributed by atoms with E-state index >= 15 is 0 Å². The van der Waals surface area contributed by atoms with Crippen LogP contribution in [0.3, 0.4) is 0 Å². The number of hydrogen-bond acceptors (Lipinski definition) is 5. The summed E-state index contributed by atoms with van der Waals surface area (Å²) in [5.74, 6) is 0.391. The normalized spacial score (nSPS) is 11.0. The lowest BCUT2D eigenvalue weighted by Crippen LogP contribution is -1.94. The largest absolute Gasteiger partial charge is 0.275 e. The predicted molar refractivity (Wildman–Crippen MR) is 85.7 cm³/mol. The number of pyridine rings is 1. The SMILES string of the molecule is O=[N+]([O-])c1ccccc1CSc1nnc2c(Cl)cc(Cl)cn12. The summed E-state index contributed by atoms with van der Waals surface area (Å²) >= 11 is 13.4. The Morgan fingerprint density at radius 3 is 2.82 bits per heavy atom. The van der Waals surface area contributed by atoms with Crippen LogP contribution in [0.15, 0.2) is 41.7 Å². The van der Waals surface area contributed by atoms with Gasteiger partial charge in [-0.15, -0.1) is 10.2 Å². The van der Waals surface area contributed by atoms with Crippen molar-refractivity contribution in [2.75, 3.05) is 0 Å². The first-order chi connectivity index (χ1) is 10.6. The van der Waals surface area contributed by atoms with Crippen LogP contribution in [0.4, 0.5) is 5.69 Å². The van der Waals surface area contributed by atoms with Crippen LogP contribution >= 0.6 is 35.0 Å². The van der Waals surface area contributed by atoms with Crippen LogP contribution in [-0.4, -0.2) is 19.5 Å². The third-order valence-corrected chi connectivity index (χ3v) is 4.42. The molecule has 112 valence electrons. The maximum absolute atomic E-state index is 11.0. The molecule has 0 aliphatic heterocycles. The Balaban J connectivity index is 1.91. The van der Waals surface area contributed by atoms with Crippen molar-refractivity contribution in [1.29, 1.82) is 0 Å². The van der Waals surface area contributed by atoms with Gasteiger partial charge in [-0.25, -0.2) is 0 Å². The van der Waals surface area contributed by atoms with Gasteiger partial charge < -0.3 is 0 Å². The summed E-state index contributed by atoms with van der Waals surface area (Å²) in [6, 6.07) is 8.18. The minimum absolute atomic E-state index is 0.0832. The molecule has 0 atom stereocenters. The number of fused-ring (bicyclic) bond motifs is 1. The first-order valence-electron chi connectivity index (χ1n) is 6.11. The van der Waals surface area contributed by atoms with Crippen molar-refractivity contribution >= 4 is 46.3 Å². The van der Waals surface area contributed by atoms with Crippen molar-refractivity contribution in [3.05, 3.63) is 62.3 Å². The molecule has 0 saturated heterocycles. The summed E-state index contributed by atoms with van der Waals surface area (Å²) in [7, 11) is 0. The molecule has 3 aromatic rings. The van der Waals surface area contributed by atoms with Gasteiger partial charge in [0.2, 0.25) is 0 Å². The monoisotopic (exact) mass is 354 g/mol. The minimum atomic E-state index is -0.397. The van der Waals surface area contributed by atoms with E-state index in [0.717, 1.165) is 0 Å². The standard InChI is InChI=1S/C13H8Cl2N4O2S/c14-9-5-10(15)12-16-17-13(18(12)6-9)22-7-8-3-1-2-4-11(8)19(20)21/h1-6H,7H2. The van der Waals surface area contributed by atoms with Crippen LogP contribution in [0, 0.1) is 10.1 Å². The summed E-state index contributed by atoms with van der Waals surface area (Å²) < 4.78 is 1.67.